The second-order valence-corrected chi connectivity index (χ2v) is 2.93. The van der Waals surface area contributed by atoms with Crippen LogP contribution in [-0.2, 0) is 9.53 Å². The van der Waals surface area contributed by atoms with Crippen LogP contribution in [0.15, 0.2) is 18.2 Å². The van der Waals surface area contributed by atoms with Crippen molar-refractivity contribution in [2.75, 3.05) is 13.7 Å². The molecule has 0 saturated carbocycles. The van der Waals surface area contributed by atoms with Gasteiger partial charge in [-0.25, -0.2) is 4.79 Å². The Morgan fingerprint density at radius 1 is 1.38 bits per heavy atom. The molecular weight excluding hydrogens is 212 g/mol. The third-order valence-electron chi connectivity index (χ3n) is 1.89. The fourth-order valence-electron chi connectivity index (χ4n) is 1.18. The number of carbonyl (C=O) groups excluding carboxylic acids is 2. The summed E-state index contributed by atoms with van der Waals surface area (Å²) in [6, 6.07) is 3.93. The number of phenols is 1. The van der Waals surface area contributed by atoms with Crippen molar-refractivity contribution in [1.82, 2.24) is 0 Å². The molecule has 0 bridgehead atoms. The van der Waals surface area contributed by atoms with Gasteiger partial charge in [-0.15, -0.1) is 0 Å². The summed E-state index contributed by atoms with van der Waals surface area (Å²) in [5, 5.41) is 9.23. The number of esters is 1. The summed E-state index contributed by atoms with van der Waals surface area (Å²) < 4.78 is 9.48. The highest BCUT2D eigenvalue weighted by Gasteiger charge is 2.21. The molecule has 86 valence electrons. The van der Waals surface area contributed by atoms with Gasteiger partial charge in [-0.2, -0.15) is 0 Å². The van der Waals surface area contributed by atoms with Gasteiger partial charge in [0.05, 0.1) is 19.3 Å². The highest BCUT2D eigenvalue weighted by molar-refractivity contribution is 6.41. The lowest BCUT2D eigenvalue weighted by Gasteiger charge is -2.07. The van der Waals surface area contributed by atoms with Gasteiger partial charge >= 0.3 is 5.97 Å². The number of aromatic hydroxyl groups is 1. The fourth-order valence-corrected chi connectivity index (χ4v) is 1.18. The van der Waals surface area contributed by atoms with Gasteiger partial charge in [0, 0.05) is 0 Å². The largest absolute Gasteiger partial charge is 0.508 e. The summed E-state index contributed by atoms with van der Waals surface area (Å²) in [5.41, 5.74) is -0.0130. The van der Waals surface area contributed by atoms with Crippen LogP contribution >= 0.6 is 0 Å². The average Bonchev–Trinajstić information content (AvgIpc) is 2.28. The Balaban J connectivity index is 3.06. The van der Waals surface area contributed by atoms with Crippen molar-refractivity contribution in [2.24, 2.45) is 0 Å². The third kappa shape index (κ3) is 2.50. The first-order chi connectivity index (χ1) is 7.60. The van der Waals surface area contributed by atoms with Crippen LogP contribution in [0.25, 0.3) is 0 Å². The van der Waals surface area contributed by atoms with Crippen LogP contribution in [0.3, 0.4) is 0 Å². The summed E-state index contributed by atoms with van der Waals surface area (Å²) >= 11 is 0. The molecule has 0 aliphatic carbocycles. The molecule has 0 spiro atoms. The topological polar surface area (TPSA) is 72.8 Å². The summed E-state index contributed by atoms with van der Waals surface area (Å²) in [6.45, 7) is 1.72. The van der Waals surface area contributed by atoms with Crippen molar-refractivity contribution < 1.29 is 24.2 Å². The Morgan fingerprint density at radius 3 is 2.62 bits per heavy atom. The van der Waals surface area contributed by atoms with Gasteiger partial charge < -0.3 is 14.6 Å². The molecule has 0 radical (unpaired) electrons. The standard InChI is InChI=1S/C11H12O5/c1-3-16-11(14)10(13)8-6-7(12)4-5-9(8)15-2/h4-6,12H,3H2,1-2H3. The number of hydrogen-bond donors (Lipinski definition) is 1. The van der Waals surface area contributed by atoms with Crippen molar-refractivity contribution in [2.45, 2.75) is 6.92 Å². The van der Waals surface area contributed by atoms with Crippen molar-refractivity contribution in [3.63, 3.8) is 0 Å². The molecule has 0 fully saturated rings. The minimum atomic E-state index is -0.966. The monoisotopic (exact) mass is 224 g/mol. The Hall–Kier alpha value is -2.04. The number of phenolic OH excluding ortho intramolecular Hbond substituents is 1. The van der Waals surface area contributed by atoms with Crippen LogP contribution in [0.2, 0.25) is 0 Å². The molecule has 1 aromatic carbocycles. The molecule has 0 unspecified atom stereocenters. The summed E-state index contributed by atoms with van der Waals surface area (Å²) in [6.07, 6.45) is 0. The zero-order valence-electron chi connectivity index (χ0n) is 9.02. The quantitative estimate of drug-likeness (QED) is 0.471. The van der Waals surface area contributed by atoms with E-state index in [4.69, 9.17) is 4.74 Å². The van der Waals surface area contributed by atoms with Gasteiger partial charge in [-0.3, -0.25) is 4.79 Å². The van der Waals surface area contributed by atoms with Gasteiger partial charge in [0.1, 0.15) is 11.5 Å². The zero-order chi connectivity index (χ0) is 12.1. The van der Waals surface area contributed by atoms with Crippen LogP contribution in [0.4, 0.5) is 0 Å². The Morgan fingerprint density at radius 2 is 2.06 bits per heavy atom. The van der Waals surface area contributed by atoms with Gasteiger partial charge in [0.15, 0.2) is 0 Å². The number of Topliss-reactive ketones (excluding diaryl/α,β-unsaturated/α-hetero) is 1. The maximum atomic E-state index is 11.6. The van der Waals surface area contributed by atoms with E-state index in [9.17, 15) is 14.7 Å². The van der Waals surface area contributed by atoms with E-state index in [1.165, 1.54) is 19.2 Å². The van der Waals surface area contributed by atoms with Crippen LogP contribution in [-0.4, -0.2) is 30.6 Å². The van der Waals surface area contributed by atoms with E-state index in [1.807, 2.05) is 0 Å². The molecule has 0 heterocycles. The van der Waals surface area contributed by atoms with Crippen LogP contribution in [0.1, 0.15) is 17.3 Å². The maximum absolute atomic E-state index is 11.6. The molecule has 1 aromatic rings. The number of benzene rings is 1. The number of methoxy groups -OCH3 is 1. The van der Waals surface area contributed by atoms with E-state index >= 15 is 0 Å². The lowest BCUT2D eigenvalue weighted by Crippen LogP contribution is -2.18. The average molecular weight is 224 g/mol. The summed E-state index contributed by atoms with van der Waals surface area (Å²) in [5.74, 6) is -1.70. The highest BCUT2D eigenvalue weighted by atomic mass is 16.5. The van der Waals surface area contributed by atoms with Crippen molar-refractivity contribution >= 4 is 11.8 Å². The molecule has 5 heteroatoms. The third-order valence-corrected chi connectivity index (χ3v) is 1.89. The van der Waals surface area contributed by atoms with E-state index in [0.717, 1.165) is 6.07 Å². The lowest BCUT2D eigenvalue weighted by atomic mass is 10.1. The molecule has 0 aliphatic heterocycles. The van der Waals surface area contributed by atoms with E-state index in [2.05, 4.69) is 4.74 Å². The van der Waals surface area contributed by atoms with E-state index in [-0.39, 0.29) is 23.7 Å². The van der Waals surface area contributed by atoms with Crippen molar-refractivity contribution in [3.05, 3.63) is 23.8 Å². The molecule has 0 saturated heterocycles. The molecule has 5 nitrogen and oxygen atoms in total. The molecule has 1 rings (SSSR count). The highest BCUT2D eigenvalue weighted by Crippen LogP contribution is 2.23. The molecule has 16 heavy (non-hydrogen) atoms. The minimum absolute atomic E-state index is 0.0130. The number of ether oxygens (including phenoxy) is 2. The maximum Gasteiger partial charge on any atom is 0.379 e. The summed E-state index contributed by atoms with van der Waals surface area (Å²) in [7, 11) is 1.37. The molecule has 0 aliphatic rings. The first-order valence-electron chi connectivity index (χ1n) is 4.68. The van der Waals surface area contributed by atoms with E-state index < -0.39 is 11.8 Å². The molecule has 0 amide bonds. The molecular formula is C11H12O5. The first-order valence-corrected chi connectivity index (χ1v) is 4.68. The molecule has 0 atom stereocenters. The Labute approximate surface area is 92.6 Å². The number of hydrogen-bond acceptors (Lipinski definition) is 5. The zero-order valence-corrected chi connectivity index (χ0v) is 9.02. The molecule has 0 aromatic heterocycles. The number of rotatable bonds is 4. The van der Waals surface area contributed by atoms with Crippen LogP contribution in [0.5, 0.6) is 11.5 Å². The van der Waals surface area contributed by atoms with E-state index in [0.29, 0.717) is 0 Å². The predicted molar refractivity (Wildman–Crippen MR) is 55.6 cm³/mol. The predicted octanol–water partition coefficient (Wildman–Crippen LogP) is 1.15. The molecule has 1 N–H and O–H groups in total. The smallest absolute Gasteiger partial charge is 0.379 e. The normalized spacial score (nSPS) is 9.62. The number of ketones is 1. The second-order valence-electron chi connectivity index (χ2n) is 2.93. The van der Waals surface area contributed by atoms with Crippen molar-refractivity contribution in [3.8, 4) is 11.5 Å². The Kier molecular flexibility index (Phi) is 3.88. The van der Waals surface area contributed by atoms with E-state index in [1.54, 1.807) is 6.92 Å². The second kappa shape index (κ2) is 5.16. The van der Waals surface area contributed by atoms with Crippen molar-refractivity contribution in [1.29, 1.82) is 0 Å². The van der Waals surface area contributed by atoms with Crippen LogP contribution < -0.4 is 4.74 Å². The summed E-state index contributed by atoms with van der Waals surface area (Å²) in [4.78, 5) is 22.8. The Bertz CT molecular complexity index is 411. The SMILES string of the molecule is CCOC(=O)C(=O)c1cc(O)ccc1OC. The van der Waals surface area contributed by atoms with Gasteiger partial charge in [-0.1, -0.05) is 0 Å². The first kappa shape index (κ1) is 12.0. The lowest BCUT2D eigenvalue weighted by molar-refractivity contribution is -0.137. The number of carbonyl (C=O) groups is 2. The minimum Gasteiger partial charge on any atom is -0.508 e. The fraction of sp³-hybridized carbons (Fsp3) is 0.273. The van der Waals surface area contributed by atoms with Crippen LogP contribution in [0, 0.1) is 0 Å². The van der Waals surface area contributed by atoms with Gasteiger partial charge in [-0.05, 0) is 25.1 Å². The van der Waals surface area contributed by atoms with Gasteiger partial charge in [0.2, 0.25) is 0 Å². The van der Waals surface area contributed by atoms with Gasteiger partial charge in [0.25, 0.3) is 5.78 Å².